The third kappa shape index (κ3) is 4.44. The molecule has 0 aliphatic heterocycles. The van der Waals surface area contributed by atoms with Gasteiger partial charge in [-0.1, -0.05) is 13.8 Å². The molecule has 15 heavy (non-hydrogen) atoms. The van der Waals surface area contributed by atoms with E-state index in [1.165, 1.54) is 5.56 Å². The van der Waals surface area contributed by atoms with E-state index in [2.05, 4.69) is 10.4 Å². The Balaban J connectivity index is 2.17. The number of hydrogen-bond donors (Lipinski definition) is 2. The molecule has 0 aliphatic carbocycles. The van der Waals surface area contributed by atoms with E-state index in [1.54, 1.807) is 0 Å². The van der Waals surface area contributed by atoms with Crippen molar-refractivity contribution >= 4 is 0 Å². The number of nitrogens with one attached hydrogen (secondary N) is 1. The van der Waals surface area contributed by atoms with Crippen molar-refractivity contribution in [1.29, 1.82) is 0 Å². The molecule has 0 atom stereocenters. The number of aryl methyl sites for hydroxylation is 1. The maximum absolute atomic E-state index is 9.06. The molecule has 0 unspecified atom stereocenters. The molecule has 86 valence electrons. The van der Waals surface area contributed by atoms with Gasteiger partial charge in [-0.3, -0.25) is 4.68 Å². The lowest BCUT2D eigenvalue weighted by Gasteiger charge is -2.21. The van der Waals surface area contributed by atoms with Crippen molar-refractivity contribution in [2.45, 2.75) is 20.3 Å². The molecule has 0 radical (unpaired) electrons. The molecule has 0 aliphatic rings. The standard InChI is InChI=1S/C11H21N3O/c1-11(2,9-15)8-12-5-4-10-6-13-14(3)7-10/h6-7,12,15H,4-5,8-9H2,1-3H3. The number of aliphatic hydroxyl groups excluding tert-OH is 1. The van der Waals surface area contributed by atoms with Gasteiger partial charge in [0.25, 0.3) is 0 Å². The topological polar surface area (TPSA) is 50.1 Å². The highest BCUT2D eigenvalue weighted by Crippen LogP contribution is 2.10. The summed E-state index contributed by atoms with van der Waals surface area (Å²) in [6, 6.07) is 0. The molecular weight excluding hydrogens is 190 g/mol. The quantitative estimate of drug-likeness (QED) is 0.676. The molecule has 1 aromatic rings. The van der Waals surface area contributed by atoms with Crippen molar-refractivity contribution in [2.75, 3.05) is 19.7 Å². The van der Waals surface area contributed by atoms with E-state index in [4.69, 9.17) is 5.11 Å². The van der Waals surface area contributed by atoms with Crippen molar-refractivity contribution in [1.82, 2.24) is 15.1 Å². The van der Waals surface area contributed by atoms with Gasteiger partial charge in [0.05, 0.1) is 6.20 Å². The van der Waals surface area contributed by atoms with Crippen molar-refractivity contribution in [2.24, 2.45) is 12.5 Å². The van der Waals surface area contributed by atoms with Crippen molar-refractivity contribution in [3.63, 3.8) is 0 Å². The Morgan fingerprint density at radius 1 is 1.53 bits per heavy atom. The summed E-state index contributed by atoms with van der Waals surface area (Å²) in [6.07, 6.45) is 4.90. The summed E-state index contributed by atoms with van der Waals surface area (Å²) in [4.78, 5) is 0. The first kappa shape index (κ1) is 12.2. The summed E-state index contributed by atoms with van der Waals surface area (Å²) in [5.41, 5.74) is 1.21. The van der Waals surface area contributed by atoms with Gasteiger partial charge >= 0.3 is 0 Å². The molecule has 4 heteroatoms. The van der Waals surface area contributed by atoms with Crippen LogP contribution in [0, 0.1) is 5.41 Å². The molecule has 0 amide bonds. The van der Waals surface area contributed by atoms with Crippen LogP contribution in [0.4, 0.5) is 0 Å². The number of rotatable bonds is 6. The smallest absolute Gasteiger partial charge is 0.0522 e. The van der Waals surface area contributed by atoms with Crippen LogP contribution in [0.5, 0.6) is 0 Å². The fourth-order valence-electron chi connectivity index (χ4n) is 1.32. The van der Waals surface area contributed by atoms with Gasteiger partial charge in [-0.25, -0.2) is 0 Å². The van der Waals surface area contributed by atoms with Crippen LogP contribution in [0.15, 0.2) is 12.4 Å². The highest BCUT2D eigenvalue weighted by molar-refractivity contribution is 5.03. The van der Waals surface area contributed by atoms with Gasteiger partial charge < -0.3 is 10.4 Å². The zero-order valence-electron chi connectivity index (χ0n) is 9.82. The van der Waals surface area contributed by atoms with E-state index in [-0.39, 0.29) is 12.0 Å². The summed E-state index contributed by atoms with van der Waals surface area (Å²) >= 11 is 0. The molecule has 1 heterocycles. The van der Waals surface area contributed by atoms with E-state index in [1.807, 2.05) is 38.0 Å². The minimum absolute atomic E-state index is 0.0328. The van der Waals surface area contributed by atoms with Gasteiger partial charge in [-0.2, -0.15) is 5.10 Å². The molecule has 0 fully saturated rings. The first-order valence-electron chi connectivity index (χ1n) is 5.32. The Labute approximate surface area is 91.3 Å². The fraction of sp³-hybridized carbons (Fsp3) is 0.727. The van der Waals surface area contributed by atoms with Gasteiger partial charge in [-0.15, -0.1) is 0 Å². The summed E-state index contributed by atoms with van der Waals surface area (Å²) in [7, 11) is 1.92. The molecule has 1 rings (SSSR count). The normalized spacial score (nSPS) is 12.0. The molecule has 2 N–H and O–H groups in total. The highest BCUT2D eigenvalue weighted by Gasteiger charge is 2.14. The Morgan fingerprint density at radius 3 is 2.80 bits per heavy atom. The molecule has 1 aromatic heterocycles. The van der Waals surface area contributed by atoms with Gasteiger partial charge in [0, 0.05) is 31.8 Å². The molecule has 4 nitrogen and oxygen atoms in total. The lowest BCUT2D eigenvalue weighted by Crippen LogP contribution is -2.33. The molecule has 0 aromatic carbocycles. The molecule has 0 bridgehead atoms. The summed E-state index contributed by atoms with van der Waals surface area (Å²) in [6.45, 7) is 6.07. The van der Waals surface area contributed by atoms with E-state index >= 15 is 0 Å². The summed E-state index contributed by atoms with van der Waals surface area (Å²) in [5, 5.41) is 16.5. The summed E-state index contributed by atoms with van der Waals surface area (Å²) < 4.78 is 1.81. The molecule has 0 saturated heterocycles. The van der Waals surface area contributed by atoms with Gasteiger partial charge in [0.2, 0.25) is 0 Å². The third-order valence-electron chi connectivity index (χ3n) is 2.38. The van der Waals surface area contributed by atoms with Crippen molar-refractivity contribution in [3.05, 3.63) is 18.0 Å². The van der Waals surface area contributed by atoms with Crippen molar-refractivity contribution < 1.29 is 5.11 Å². The number of aromatic nitrogens is 2. The first-order valence-corrected chi connectivity index (χ1v) is 5.32. The Kier molecular flexibility index (Phi) is 4.29. The van der Waals surface area contributed by atoms with Gasteiger partial charge in [0.15, 0.2) is 0 Å². The van der Waals surface area contributed by atoms with Crippen LogP contribution in [0.25, 0.3) is 0 Å². The second kappa shape index (κ2) is 5.28. The van der Waals surface area contributed by atoms with E-state index < -0.39 is 0 Å². The largest absolute Gasteiger partial charge is 0.396 e. The third-order valence-corrected chi connectivity index (χ3v) is 2.38. The molecule has 0 spiro atoms. The van der Waals surface area contributed by atoms with Gasteiger partial charge in [0.1, 0.15) is 0 Å². The van der Waals surface area contributed by atoms with E-state index in [9.17, 15) is 0 Å². The van der Waals surface area contributed by atoms with Gasteiger partial charge in [-0.05, 0) is 18.5 Å². The van der Waals surface area contributed by atoms with Crippen LogP contribution >= 0.6 is 0 Å². The Morgan fingerprint density at radius 2 is 2.27 bits per heavy atom. The zero-order valence-corrected chi connectivity index (χ0v) is 9.82. The van der Waals surface area contributed by atoms with Crippen LogP contribution in [0.3, 0.4) is 0 Å². The lowest BCUT2D eigenvalue weighted by atomic mass is 9.95. The number of nitrogens with zero attached hydrogens (tertiary/aromatic N) is 2. The SMILES string of the molecule is Cn1cc(CCNCC(C)(C)CO)cn1. The van der Waals surface area contributed by atoms with Crippen LogP contribution in [-0.2, 0) is 13.5 Å². The first-order chi connectivity index (χ1) is 7.03. The number of aliphatic hydroxyl groups is 1. The fourth-order valence-corrected chi connectivity index (χ4v) is 1.32. The number of hydrogen-bond acceptors (Lipinski definition) is 3. The summed E-state index contributed by atoms with van der Waals surface area (Å²) in [5.74, 6) is 0. The lowest BCUT2D eigenvalue weighted by molar-refractivity contribution is 0.157. The second-order valence-electron chi connectivity index (χ2n) is 4.77. The van der Waals surface area contributed by atoms with Crippen LogP contribution in [0.2, 0.25) is 0 Å². The minimum Gasteiger partial charge on any atom is -0.396 e. The van der Waals surface area contributed by atoms with E-state index in [0.717, 1.165) is 19.5 Å². The molecular formula is C11H21N3O. The Bertz CT molecular complexity index is 294. The van der Waals surface area contributed by atoms with Crippen LogP contribution < -0.4 is 5.32 Å². The van der Waals surface area contributed by atoms with Crippen molar-refractivity contribution in [3.8, 4) is 0 Å². The van der Waals surface area contributed by atoms with E-state index in [0.29, 0.717) is 0 Å². The molecule has 0 saturated carbocycles. The Hall–Kier alpha value is -0.870. The maximum atomic E-state index is 9.06. The van der Waals surface area contributed by atoms with Crippen LogP contribution in [0.1, 0.15) is 19.4 Å². The zero-order chi connectivity index (χ0) is 11.3. The predicted molar refractivity (Wildman–Crippen MR) is 60.6 cm³/mol. The minimum atomic E-state index is -0.0328. The van der Waals surface area contributed by atoms with Crippen LogP contribution in [-0.4, -0.2) is 34.6 Å². The second-order valence-corrected chi connectivity index (χ2v) is 4.77. The predicted octanol–water partition coefficient (Wildman–Crippen LogP) is 0.571. The highest BCUT2D eigenvalue weighted by atomic mass is 16.3. The maximum Gasteiger partial charge on any atom is 0.0522 e. The average molecular weight is 211 g/mol. The monoisotopic (exact) mass is 211 g/mol. The average Bonchev–Trinajstić information content (AvgIpc) is 2.59.